The standard InChI is InChI=1S/C10H17N3OS/c1-6(11)10(14)12-5-4-9-7(2)13-8(3)15-9/h6H,4-5,11H2,1-3H3,(H,12,14). The molecule has 0 aliphatic carbocycles. The monoisotopic (exact) mass is 227 g/mol. The van der Waals surface area contributed by atoms with Crippen LogP contribution in [0.2, 0.25) is 0 Å². The van der Waals surface area contributed by atoms with Crippen LogP contribution in [0.4, 0.5) is 0 Å². The molecule has 1 unspecified atom stereocenters. The SMILES string of the molecule is Cc1nc(C)c(CCNC(=O)C(C)N)s1. The first-order valence-electron chi connectivity index (χ1n) is 4.97. The first-order valence-corrected chi connectivity index (χ1v) is 5.78. The molecule has 1 rings (SSSR count). The van der Waals surface area contributed by atoms with Crippen molar-refractivity contribution in [2.75, 3.05) is 6.54 Å². The Hall–Kier alpha value is -0.940. The molecule has 4 nitrogen and oxygen atoms in total. The molecular weight excluding hydrogens is 210 g/mol. The van der Waals surface area contributed by atoms with E-state index in [1.54, 1.807) is 18.3 Å². The number of aryl methyl sites for hydroxylation is 2. The predicted octanol–water partition coefficient (Wildman–Crippen LogP) is 0.766. The smallest absolute Gasteiger partial charge is 0.236 e. The van der Waals surface area contributed by atoms with Gasteiger partial charge in [-0.1, -0.05) is 0 Å². The Morgan fingerprint density at radius 2 is 2.27 bits per heavy atom. The van der Waals surface area contributed by atoms with Gasteiger partial charge in [0.2, 0.25) is 5.91 Å². The molecule has 1 atom stereocenters. The highest BCUT2D eigenvalue weighted by atomic mass is 32.1. The second kappa shape index (κ2) is 5.23. The van der Waals surface area contributed by atoms with Gasteiger partial charge in [0, 0.05) is 17.8 Å². The van der Waals surface area contributed by atoms with Crippen molar-refractivity contribution in [3.63, 3.8) is 0 Å². The lowest BCUT2D eigenvalue weighted by Gasteiger charge is -2.06. The number of hydrogen-bond donors (Lipinski definition) is 2. The molecule has 0 bridgehead atoms. The third kappa shape index (κ3) is 3.60. The average Bonchev–Trinajstić information content (AvgIpc) is 2.45. The van der Waals surface area contributed by atoms with E-state index in [4.69, 9.17) is 5.73 Å². The van der Waals surface area contributed by atoms with Gasteiger partial charge in [-0.3, -0.25) is 4.79 Å². The number of carbonyl (C=O) groups is 1. The summed E-state index contributed by atoms with van der Waals surface area (Å²) in [7, 11) is 0. The van der Waals surface area contributed by atoms with Gasteiger partial charge in [0.15, 0.2) is 0 Å². The Morgan fingerprint density at radius 3 is 2.73 bits per heavy atom. The van der Waals surface area contributed by atoms with Gasteiger partial charge in [-0.05, 0) is 20.8 Å². The summed E-state index contributed by atoms with van der Waals surface area (Å²) in [6.07, 6.45) is 0.829. The Balaban J connectivity index is 2.38. The zero-order chi connectivity index (χ0) is 11.4. The summed E-state index contributed by atoms with van der Waals surface area (Å²) in [5.41, 5.74) is 6.49. The summed E-state index contributed by atoms with van der Waals surface area (Å²) in [5.74, 6) is -0.103. The number of nitrogens with two attached hydrogens (primary N) is 1. The van der Waals surface area contributed by atoms with E-state index in [1.807, 2.05) is 13.8 Å². The lowest BCUT2D eigenvalue weighted by atomic mass is 10.3. The summed E-state index contributed by atoms with van der Waals surface area (Å²) in [4.78, 5) is 16.7. The van der Waals surface area contributed by atoms with Crippen LogP contribution in [-0.4, -0.2) is 23.5 Å². The maximum Gasteiger partial charge on any atom is 0.236 e. The number of rotatable bonds is 4. The maximum absolute atomic E-state index is 11.2. The van der Waals surface area contributed by atoms with Crippen molar-refractivity contribution in [3.05, 3.63) is 15.6 Å². The maximum atomic E-state index is 11.2. The highest BCUT2D eigenvalue weighted by Crippen LogP contribution is 2.16. The molecule has 5 heteroatoms. The third-order valence-electron chi connectivity index (χ3n) is 2.06. The molecule has 0 saturated heterocycles. The molecule has 0 aromatic carbocycles. The first-order chi connectivity index (χ1) is 7.00. The molecule has 3 N–H and O–H groups in total. The second-order valence-electron chi connectivity index (χ2n) is 3.57. The molecule has 1 aromatic heterocycles. The Kier molecular flexibility index (Phi) is 4.23. The van der Waals surface area contributed by atoms with Gasteiger partial charge in [0.05, 0.1) is 16.7 Å². The quantitative estimate of drug-likeness (QED) is 0.798. The van der Waals surface area contributed by atoms with Gasteiger partial charge in [0.25, 0.3) is 0 Å². The van der Waals surface area contributed by atoms with E-state index >= 15 is 0 Å². The third-order valence-corrected chi connectivity index (χ3v) is 3.20. The highest BCUT2D eigenvalue weighted by molar-refractivity contribution is 7.11. The van der Waals surface area contributed by atoms with Crippen molar-refractivity contribution in [1.29, 1.82) is 0 Å². The van der Waals surface area contributed by atoms with Crippen LogP contribution in [0, 0.1) is 13.8 Å². The zero-order valence-corrected chi connectivity index (χ0v) is 10.1. The molecule has 0 aliphatic rings. The molecule has 0 aliphatic heterocycles. The van der Waals surface area contributed by atoms with Crippen molar-refractivity contribution in [3.8, 4) is 0 Å². The van der Waals surface area contributed by atoms with Crippen LogP contribution >= 0.6 is 11.3 Å². The molecular formula is C10H17N3OS. The summed E-state index contributed by atoms with van der Waals surface area (Å²) in [5, 5.41) is 3.85. The molecule has 0 spiro atoms. The van der Waals surface area contributed by atoms with Crippen molar-refractivity contribution < 1.29 is 4.79 Å². The lowest BCUT2D eigenvalue weighted by molar-refractivity contribution is -0.121. The number of nitrogens with one attached hydrogen (secondary N) is 1. The average molecular weight is 227 g/mol. The minimum atomic E-state index is -0.436. The van der Waals surface area contributed by atoms with Gasteiger partial charge in [-0.25, -0.2) is 4.98 Å². The number of carbonyl (C=O) groups excluding carboxylic acids is 1. The largest absolute Gasteiger partial charge is 0.354 e. The van der Waals surface area contributed by atoms with E-state index in [9.17, 15) is 4.79 Å². The minimum absolute atomic E-state index is 0.103. The van der Waals surface area contributed by atoms with Crippen molar-refractivity contribution in [2.24, 2.45) is 5.73 Å². The lowest BCUT2D eigenvalue weighted by Crippen LogP contribution is -2.39. The van der Waals surface area contributed by atoms with Crippen LogP contribution < -0.4 is 11.1 Å². The first kappa shape index (κ1) is 12.1. The fourth-order valence-electron chi connectivity index (χ4n) is 1.27. The molecule has 0 fully saturated rings. The fraction of sp³-hybridized carbons (Fsp3) is 0.600. The van der Waals surface area contributed by atoms with Crippen LogP contribution in [0.5, 0.6) is 0 Å². The molecule has 1 heterocycles. The molecule has 84 valence electrons. The molecule has 1 aromatic rings. The topological polar surface area (TPSA) is 68.0 Å². The van der Waals surface area contributed by atoms with E-state index in [0.29, 0.717) is 6.54 Å². The van der Waals surface area contributed by atoms with Gasteiger partial charge in [-0.15, -0.1) is 11.3 Å². The molecule has 15 heavy (non-hydrogen) atoms. The van der Waals surface area contributed by atoms with Crippen LogP contribution in [-0.2, 0) is 11.2 Å². The van der Waals surface area contributed by atoms with E-state index < -0.39 is 6.04 Å². The van der Waals surface area contributed by atoms with Gasteiger partial charge in [0.1, 0.15) is 0 Å². The van der Waals surface area contributed by atoms with E-state index in [1.165, 1.54) is 4.88 Å². The summed E-state index contributed by atoms with van der Waals surface area (Å²) in [6, 6.07) is -0.436. The number of aromatic nitrogens is 1. The van der Waals surface area contributed by atoms with Crippen LogP contribution in [0.3, 0.4) is 0 Å². The number of amides is 1. The predicted molar refractivity (Wildman–Crippen MR) is 62.0 cm³/mol. The molecule has 0 saturated carbocycles. The second-order valence-corrected chi connectivity index (χ2v) is 4.86. The van der Waals surface area contributed by atoms with Crippen molar-refractivity contribution in [1.82, 2.24) is 10.3 Å². The Labute approximate surface area is 93.9 Å². The van der Waals surface area contributed by atoms with Crippen molar-refractivity contribution >= 4 is 17.2 Å². The number of nitrogens with zero attached hydrogens (tertiary/aromatic N) is 1. The molecule has 1 amide bonds. The fourth-order valence-corrected chi connectivity index (χ4v) is 2.20. The summed E-state index contributed by atoms with van der Waals surface area (Å²) >= 11 is 1.68. The number of thiazole rings is 1. The van der Waals surface area contributed by atoms with E-state index in [0.717, 1.165) is 17.1 Å². The highest BCUT2D eigenvalue weighted by Gasteiger charge is 2.08. The van der Waals surface area contributed by atoms with Crippen molar-refractivity contribution in [2.45, 2.75) is 33.2 Å². The van der Waals surface area contributed by atoms with Crippen LogP contribution in [0.15, 0.2) is 0 Å². The Morgan fingerprint density at radius 1 is 1.60 bits per heavy atom. The van der Waals surface area contributed by atoms with Crippen LogP contribution in [0.25, 0.3) is 0 Å². The summed E-state index contributed by atoms with van der Waals surface area (Å²) < 4.78 is 0. The summed E-state index contributed by atoms with van der Waals surface area (Å²) in [6.45, 7) is 6.29. The van der Waals surface area contributed by atoms with Crippen LogP contribution in [0.1, 0.15) is 22.5 Å². The normalized spacial score (nSPS) is 12.5. The van der Waals surface area contributed by atoms with Gasteiger partial charge in [-0.2, -0.15) is 0 Å². The minimum Gasteiger partial charge on any atom is -0.354 e. The van der Waals surface area contributed by atoms with E-state index in [2.05, 4.69) is 10.3 Å². The van der Waals surface area contributed by atoms with E-state index in [-0.39, 0.29) is 5.91 Å². The van der Waals surface area contributed by atoms with Gasteiger partial charge >= 0.3 is 0 Å². The molecule has 0 radical (unpaired) electrons. The number of hydrogen-bond acceptors (Lipinski definition) is 4. The van der Waals surface area contributed by atoms with Gasteiger partial charge < -0.3 is 11.1 Å². The zero-order valence-electron chi connectivity index (χ0n) is 9.33. The Bertz CT molecular complexity index is 346.